The van der Waals surface area contributed by atoms with E-state index in [0.29, 0.717) is 18.8 Å². The second-order valence-electron chi connectivity index (χ2n) is 4.82. The lowest BCUT2D eigenvalue weighted by molar-refractivity contribution is 0.559. The Hall–Kier alpha value is -1.37. The van der Waals surface area contributed by atoms with Crippen LogP contribution in [0.3, 0.4) is 0 Å². The van der Waals surface area contributed by atoms with E-state index in [-0.39, 0.29) is 17.5 Å². The molecule has 2 N–H and O–H groups in total. The third-order valence-electron chi connectivity index (χ3n) is 3.10. The summed E-state index contributed by atoms with van der Waals surface area (Å²) in [6.45, 7) is 4.67. The van der Waals surface area contributed by atoms with Crippen LogP contribution < -0.4 is 10.6 Å². The van der Waals surface area contributed by atoms with E-state index in [0.717, 1.165) is 18.1 Å². The number of nitrogens with one attached hydrogen (secondary N) is 2. The highest BCUT2D eigenvalue weighted by atomic mass is 32.2. The molecule has 1 saturated heterocycles. The monoisotopic (exact) mass is 284 g/mol. The van der Waals surface area contributed by atoms with E-state index in [2.05, 4.69) is 20.6 Å². The van der Waals surface area contributed by atoms with Crippen molar-refractivity contribution in [3.8, 4) is 0 Å². The van der Waals surface area contributed by atoms with Crippen molar-refractivity contribution >= 4 is 21.6 Å². The first-order chi connectivity index (χ1) is 8.98. The Kier molecular flexibility index (Phi) is 4.24. The lowest BCUT2D eigenvalue weighted by atomic mass is 10.1. The van der Waals surface area contributed by atoms with E-state index in [9.17, 15) is 8.42 Å². The molecule has 106 valence electrons. The van der Waals surface area contributed by atoms with Crippen molar-refractivity contribution in [3.05, 3.63) is 11.8 Å². The van der Waals surface area contributed by atoms with Gasteiger partial charge in [0.1, 0.15) is 15.7 Å². The molecule has 6 nitrogen and oxygen atoms in total. The Morgan fingerprint density at radius 3 is 2.63 bits per heavy atom. The highest BCUT2D eigenvalue weighted by Gasteiger charge is 2.23. The van der Waals surface area contributed by atoms with Gasteiger partial charge >= 0.3 is 0 Å². The topological polar surface area (TPSA) is 84.0 Å². The number of hydrogen-bond acceptors (Lipinski definition) is 6. The molecular formula is C12H20N4O2S. The van der Waals surface area contributed by atoms with Gasteiger partial charge in [-0.1, -0.05) is 0 Å². The molecule has 0 spiro atoms. The van der Waals surface area contributed by atoms with E-state index < -0.39 is 9.84 Å². The summed E-state index contributed by atoms with van der Waals surface area (Å²) in [6, 6.07) is 2.05. The predicted molar refractivity (Wildman–Crippen MR) is 76.2 cm³/mol. The summed E-state index contributed by atoms with van der Waals surface area (Å²) in [5, 5.41) is 6.38. The van der Waals surface area contributed by atoms with E-state index in [4.69, 9.17) is 0 Å². The Morgan fingerprint density at radius 2 is 2.00 bits per heavy atom. The van der Waals surface area contributed by atoms with Crippen LogP contribution in [-0.4, -0.2) is 42.5 Å². The molecule has 1 aliphatic heterocycles. The molecule has 0 saturated carbocycles. The molecule has 0 amide bonds. The van der Waals surface area contributed by atoms with Crippen molar-refractivity contribution in [1.82, 2.24) is 9.97 Å². The van der Waals surface area contributed by atoms with E-state index in [1.807, 2.05) is 19.9 Å². The fourth-order valence-corrected chi connectivity index (χ4v) is 3.61. The standard InChI is InChI=1S/C12H20N4O2S/c1-3-13-12-14-9(2)8-11(16-12)15-10-4-6-19(17,18)7-5-10/h8,10H,3-7H2,1-2H3,(H2,13,14,15,16). The number of aryl methyl sites for hydroxylation is 1. The van der Waals surface area contributed by atoms with Crippen molar-refractivity contribution in [2.75, 3.05) is 28.7 Å². The molecule has 0 unspecified atom stereocenters. The molecule has 19 heavy (non-hydrogen) atoms. The molecule has 0 bridgehead atoms. The summed E-state index contributed by atoms with van der Waals surface area (Å²) in [7, 11) is -2.82. The van der Waals surface area contributed by atoms with Gasteiger partial charge < -0.3 is 10.6 Å². The first kappa shape index (κ1) is 14.0. The Morgan fingerprint density at radius 1 is 1.32 bits per heavy atom. The summed E-state index contributed by atoms with van der Waals surface area (Å²) < 4.78 is 22.8. The van der Waals surface area contributed by atoms with Crippen LogP contribution in [0.25, 0.3) is 0 Å². The summed E-state index contributed by atoms with van der Waals surface area (Å²) in [5.41, 5.74) is 0.886. The molecule has 7 heteroatoms. The van der Waals surface area contributed by atoms with Gasteiger partial charge in [0.05, 0.1) is 11.5 Å². The number of anilines is 2. The Labute approximate surface area is 114 Å². The van der Waals surface area contributed by atoms with Crippen LogP contribution in [0.2, 0.25) is 0 Å². The van der Waals surface area contributed by atoms with Gasteiger partial charge in [-0.2, -0.15) is 4.98 Å². The van der Waals surface area contributed by atoms with Gasteiger partial charge in [-0.3, -0.25) is 0 Å². The van der Waals surface area contributed by atoms with Crippen molar-refractivity contribution < 1.29 is 8.42 Å². The van der Waals surface area contributed by atoms with E-state index in [1.54, 1.807) is 0 Å². The molecule has 0 radical (unpaired) electrons. The molecule has 1 aromatic rings. The van der Waals surface area contributed by atoms with Crippen molar-refractivity contribution in [2.24, 2.45) is 0 Å². The molecule has 1 aromatic heterocycles. The number of sulfone groups is 1. The zero-order valence-corrected chi connectivity index (χ0v) is 12.1. The average Bonchev–Trinajstić information content (AvgIpc) is 2.32. The molecular weight excluding hydrogens is 264 g/mol. The fraction of sp³-hybridized carbons (Fsp3) is 0.667. The van der Waals surface area contributed by atoms with Gasteiger partial charge in [0.25, 0.3) is 0 Å². The second-order valence-corrected chi connectivity index (χ2v) is 7.12. The minimum atomic E-state index is -2.82. The van der Waals surface area contributed by atoms with Gasteiger partial charge in [0, 0.05) is 24.3 Å². The van der Waals surface area contributed by atoms with Crippen LogP contribution in [0.5, 0.6) is 0 Å². The number of hydrogen-bond donors (Lipinski definition) is 2. The van der Waals surface area contributed by atoms with Crippen molar-refractivity contribution in [1.29, 1.82) is 0 Å². The normalized spacial score (nSPS) is 19.1. The summed E-state index contributed by atoms with van der Waals surface area (Å²) in [6.07, 6.45) is 1.28. The largest absolute Gasteiger partial charge is 0.367 e. The van der Waals surface area contributed by atoms with Gasteiger partial charge in [0.2, 0.25) is 5.95 Å². The molecule has 1 fully saturated rings. The summed E-state index contributed by atoms with van der Waals surface area (Å²) in [5.74, 6) is 1.88. The van der Waals surface area contributed by atoms with Crippen molar-refractivity contribution in [2.45, 2.75) is 32.7 Å². The van der Waals surface area contributed by atoms with Crippen LogP contribution in [-0.2, 0) is 9.84 Å². The lowest BCUT2D eigenvalue weighted by Crippen LogP contribution is -2.32. The maximum atomic E-state index is 11.4. The van der Waals surface area contributed by atoms with Crippen LogP contribution in [0, 0.1) is 6.92 Å². The summed E-state index contributed by atoms with van der Waals surface area (Å²) >= 11 is 0. The number of nitrogens with zero attached hydrogens (tertiary/aromatic N) is 2. The van der Waals surface area contributed by atoms with Crippen LogP contribution in [0.15, 0.2) is 6.07 Å². The Bertz CT molecular complexity index is 531. The third-order valence-corrected chi connectivity index (χ3v) is 4.81. The number of aromatic nitrogens is 2. The van der Waals surface area contributed by atoms with Gasteiger partial charge in [-0.05, 0) is 26.7 Å². The van der Waals surface area contributed by atoms with E-state index in [1.165, 1.54) is 0 Å². The smallest absolute Gasteiger partial charge is 0.224 e. The van der Waals surface area contributed by atoms with Gasteiger partial charge in [0.15, 0.2) is 0 Å². The quantitative estimate of drug-likeness (QED) is 0.864. The second kappa shape index (κ2) is 5.73. The van der Waals surface area contributed by atoms with Crippen LogP contribution in [0.4, 0.5) is 11.8 Å². The third kappa shape index (κ3) is 4.05. The predicted octanol–water partition coefficient (Wildman–Crippen LogP) is 1.21. The molecule has 0 aromatic carbocycles. The van der Waals surface area contributed by atoms with Gasteiger partial charge in [-0.25, -0.2) is 13.4 Å². The minimum absolute atomic E-state index is 0.173. The van der Waals surface area contributed by atoms with Crippen LogP contribution in [0.1, 0.15) is 25.5 Å². The molecule has 2 heterocycles. The highest BCUT2D eigenvalue weighted by molar-refractivity contribution is 7.91. The maximum Gasteiger partial charge on any atom is 0.224 e. The minimum Gasteiger partial charge on any atom is -0.367 e. The molecule has 1 aliphatic rings. The SMILES string of the molecule is CCNc1nc(C)cc(NC2CCS(=O)(=O)CC2)n1. The zero-order valence-electron chi connectivity index (χ0n) is 11.3. The van der Waals surface area contributed by atoms with E-state index >= 15 is 0 Å². The molecule has 2 rings (SSSR count). The first-order valence-electron chi connectivity index (χ1n) is 6.55. The first-order valence-corrected chi connectivity index (χ1v) is 8.37. The van der Waals surface area contributed by atoms with Gasteiger partial charge in [-0.15, -0.1) is 0 Å². The lowest BCUT2D eigenvalue weighted by Gasteiger charge is -2.23. The zero-order chi connectivity index (χ0) is 13.9. The summed E-state index contributed by atoms with van der Waals surface area (Å²) in [4.78, 5) is 8.65. The van der Waals surface area contributed by atoms with Crippen molar-refractivity contribution in [3.63, 3.8) is 0 Å². The van der Waals surface area contributed by atoms with Crippen LogP contribution >= 0.6 is 0 Å². The Balaban J connectivity index is 2.03. The molecule has 0 atom stereocenters. The number of rotatable bonds is 4. The maximum absolute atomic E-state index is 11.4. The highest BCUT2D eigenvalue weighted by Crippen LogP contribution is 2.18. The molecule has 0 aliphatic carbocycles. The fourth-order valence-electron chi connectivity index (χ4n) is 2.12. The average molecular weight is 284 g/mol.